The first-order valence-corrected chi connectivity index (χ1v) is 7.30. The molecule has 124 valence electrons. The zero-order chi connectivity index (χ0) is 17.1. The van der Waals surface area contributed by atoms with Crippen molar-refractivity contribution in [2.75, 3.05) is 26.2 Å². The number of nitrogens with two attached hydrogens (primary N) is 1. The molecule has 1 fully saturated rings. The van der Waals surface area contributed by atoms with Gasteiger partial charge in [0.2, 0.25) is 17.4 Å². The summed E-state index contributed by atoms with van der Waals surface area (Å²) in [4.78, 5) is 50.2. The summed E-state index contributed by atoms with van der Waals surface area (Å²) < 4.78 is 1.32. The van der Waals surface area contributed by atoms with Crippen LogP contribution in [0.3, 0.4) is 0 Å². The molecule has 0 aliphatic carbocycles. The van der Waals surface area contributed by atoms with E-state index in [1.54, 1.807) is 7.05 Å². The lowest BCUT2D eigenvalue weighted by Gasteiger charge is -2.22. The average molecular weight is 320 g/mol. The van der Waals surface area contributed by atoms with Crippen LogP contribution in [0.5, 0.6) is 0 Å². The summed E-state index contributed by atoms with van der Waals surface area (Å²) in [5.41, 5.74) is 5.52. The van der Waals surface area contributed by atoms with Crippen LogP contribution in [0.2, 0.25) is 0 Å². The van der Waals surface area contributed by atoms with E-state index < -0.39 is 11.8 Å². The molecule has 8 nitrogen and oxygen atoms in total. The fourth-order valence-corrected chi connectivity index (χ4v) is 2.57. The molecule has 1 saturated heterocycles. The minimum Gasteiger partial charge on any atom is -0.369 e. The molecule has 8 heteroatoms. The van der Waals surface area contributed by atoms with Crippen molar-refractivity contribution < 1.29 is 14.4 Å². The zero-order valence-electron chi connectivity index (χ0n) is 13.2. The number of aryl methyl sites for hydroxylation is 1. The van der Waals surface area contributed by atoms with Crippen molar-refractivity contribution >= 4 is 17.7 Å². The molecule has 0 aromatic carbocycles. The van der Waals surface area contributed by atoms with Gasteiger partial charge in [-0.05, 0) is 6.07 Å². The Bertz CT molecular complexity index is 697. The van der Waals surface area contributed by atoms with Crippen molar-refractivity contribution in [3.63, 3.8) is 0 Å². The van der Waals surface area contributed by atoms with Gasteiger partial charge in [0, 0.05) is 52.4 Å². The Morgan fingerprint density at radius 1 is 1.13 bits per heavy atom. The van der Waals surface area contributed by atoms with Gasteiger partial charge in [0.15, 0.2) is 0 Å². The largest absolute Gasteiger partial charge is 0.369 e. The molecule has 1 aromatic rings. The number of aromatic nitrogens is 1. The summed E-state index contributed by atoms with van der Waals surface area (Å²) in [5.74, 6) is -1.61. The van der Waals surface area contributed by atoms with Gasteiger partial charge in [-0.2, -0.15) is 0 Å². The molecule has 0 saturated carbocycles. The monoisotopic (exact) mass is 320 g/mol. The van der Waals surface area contributed by atoms with Crippen LogP contribution < -0.4 is 11.3 Å². The van der Waals surface area contributed by atoms with Crippen LogP contribution in [0.15, 0.2) is 23.1 Å². The number of carbonyl (C=O) groups excluding carboxylic acids is 3. The number of primary amides is 1. The van der Waals surface area contributed by atoms with Gasteiger partial charge in [-0.1, -0.05) is 0 Å². The molecule has 2 N–H and O–H groups in total. The van der Waals surface area contributed by atoms with Gasteiger partial charge >= 0.3 is 0 Å². The molecule has 2 heterocycles. The molecule has 2 rings (SSSR count). The van der Waals surface area contributed by atoms with Gasteiger partial charge in [-0.25, -0.2) is 0 Å². The molecule has 1 aliphatic heterocycles. The highest BCUT2D eigenvalue weighted by atomic mass is 16.2. The van der Waals surface area contributed by atoms with Crippen molar-refractivity contribution in [3.8, 4) is 0 Å². The minimum absolute atomic E-state index is 0.154. The number of hydrogen-bond donors (Lipinski definition) is 1. The quantitative estimate of drug-likeness (QED) is 0.738. The average Bonchev–Trinajstić information content (AvgIpc) is 2.72. The number of pyridine rings is 1. The second kappa shape index (κ2) is 6.64. The van der Waals surface area contributed by atoms with E-state index >= 15 is 0 Å². The Morgan fingerprint density at radius 2 is 1.74 bits per heavy atom. The number of carbonyl (C=O) groups is 3. The maximum atomic E-state index is 12.6. The smallest absolute Gasteiger partial charge is 0.255 e. The van der Waals surface area contributed by atoms with Crippen LogP contribution in [-0.2, 0) is 16.6 Å². The van der Waals surface area contributed by atoms with Crippen molar-refractivity contribution in [1.82, 2.24) is 14.4 Å². The lowest BCUT2D eigenvalue weighted by atomic mass is 10.1. The Morgan fingerprint density at radius 3 is 2.30 bits per heavy atom. The van der Waals surface area contributed by atoms with E-state index in [2.05, 4.69) is 0 Å². The third-order valence-corrected chi connectivity index (χ3v) is 3.99. The summed E-state index contributed by atoms with van der Waals surface area (Å²) in [5, 5.41) is 0. The molecule has 0 radical (unpaired) electrons. The maximum absolute atomic E-state index is 12.6. The predicted octanol–water partition coefficient (Wildman–Crippen LogP) is -1.21. The Labute approximate surface area is 133 Å². The molecule has 1 atom stereocenters. The lowest BCUT2D eigenvalue weighted by molar-refractivity contribution is -0.130. The SMILES string of the molecule is CC(=O)N1CCN(C(=O)c2ccc(=O)n(C)c2)CC(C(N)=O)C1. The zero-order valence-corrected chi connectivity index (χ0v) is 13.2. The van der Waals surface area contributed by atoms with E-state index in [1.807, 2.05) is 0 Å². The van der Waals surface area contributed by atoms with Gasteiger partial charge in [0.25, 0.3) is 5.91 Å². The summed E-state index contributed by atoms with van der Waals surface area (Å²) >= 11 is 0. The van der Waals surface area contributed by atoms with Crippen molar-refractivity contribution in [1.29, 1.82) is 0 Å². The molecular weight excluding hydrogens is 300 g/mol. The topological polar surface area (TPSA) is 106 Å². The van der Waals surface area contributed by atoms with Crippen LogP contribution in [0.1, 0.15) is 17.3 Å². The second-order valence-electron chi connectivity index (χ2n) is 5.68. The van der Waals surface area contributed by atoms with Crippen LogP contribution in [0.4, 0.5) is 0 Å². The summed E-state index contributed by atoms with van der Waals surface area (Å²) in [6.45, 7) is 2.44. The standard InChI is InChI=1S/C15H20N4O4/c1-10(20)18-5-6-19(9-12(8-18)14(16)22)15(23)11-3-4-13(21)17(2)7-11/h3-4,7,12H,5-6,8-9H2,1-2H3,(H2,16,22). The summed E-state index contributed by atoms with van der Waals surface area (Å²) in [6, 6.07) is 2.77. The van der Waals surface area contributed by atoms with E-state index in [0.29, 0.717) is 18.7 Å². The predicted molar refractivity (Wildman–Crippen MR) is 82.5 cm³/mol. The highest BCUT2D eigenvalue weighted by molar-refractivity contribution is 5.94. The van der Waals surface area contributed by atoms with Crippen LogP contribution in [0, 0.1) is 5.92 Å². The van der Waals surface area contributed by atoms with Gasteiger partial charge in [-0.15, -0.1) is 0 Å². The van der Waals surface area contributed by atoms with Crippen LogP contribution in [-0.4, -0.2) is 58.3 Å². The van der Waals surface area contributed by atoms with E-state index in [1.165, 1.54) is 39.6 Å². The van der Waals surface area contributed by atoms with E-state index in [-0.39, 0.29) is 30.5 Å². The van der Waals surface area contributed by atoms with Gasteiger partial charge in [0.05, 0.1) is 11.5 Å². The van der Waals surface area contributed by atoms with Gasteiger partial charge < -0.3 is 20.1 Å². The molecule has 0 spiro atoms. The molecule has 1 aromatic heterocycles. The molecule has 1 unspecified atom stereocenters. The van der Waals surface area contributed by atoms with Crippen LogP contribution in [0.25, 0.3) is 0 Å². The summed E-state index contributed by atoms with van der Waals surface area (Å²) in [7, 11) is 1.56. The first-order chi connectivity index (χ1) is 10.8. The fourth-order valence-electron chi connectivity index (χ4n) is 2.57. The highest BCUT2D eigenvalue weighted by Crippen LogP contribution is 2.13. The number of rotatable bonds is 2. The van der Waals surface area contributed by atoms with E-state index in [9.17, 15) is 19.2 Å². The first-order valence-electron chi connectivity index (χ1n) is 7.30. The second-order valence-corrected chi connectivity index (χ2v) is 5.68. The van der Waals surface area contributed by atoms with Crippen molar-refractivity contribution in [2.24, 2.45) is 18.7 Å². The van der Waals surface area contributed by atoms with Crippen molar-refractivity contribution in [3.05, 3.63) is 34.2 Å². The number of amides is 3. The Kier molecular flexibility index (Phi) is 4.83. The van der Waals surface area contributed by atoms with E-state index in [0.717, 1.165) is 0 Å². The molecule has 1 aliphatic rings. The number of nitrogens with zero attached hydrogens (tertiary/aromatic N) is 3. The number of hydrogen-bond acceptors (Lipinski definition) is 4. The molecule has 0 bridgehead atoms. The fraction of sp³-hybridized carbons (Fsp3) is 0.467. The highest BCUT2D eigenvalue weighted by Gasteiger charge is 2.30. The lowest BCUT2D eigenvalue weighted by Crippen LogP contribution is -2.41. The third-order valence-electron chi connectivity index (χ3n) is 3.99. The van der Waals surface area contributed by atoms with E-state index in [4.69, 9.17) is 5.73 Å². The minimum atomic E-state index is -0.613. The van der Waals surface area contributed by atoms with Gasteiger partial charge in [0.1, 0.15) is 0 Å². The van der Waals surface area contributed by atoms with Crippen LogP contribution >= 0.6 is 0 Å². The van der Waals surface area contributed by atoms with Gasteiger partial charge in [-0.3, -0.25) is 19.2 Å². The molecule has 3 amide bonds. The maximum Gasteiger partial charge on any atom is 0.255 e. The molecule has 23 heavy (non-hydrogen) atoms. The third kappa shape index (κ3) is 3.77. The van der Waals surface area contributed by atoms with Crippen molar-refractivity contribution in [2.45, 2.75) is 6.92 Å². The Hall–Kier alpha value is -2.64. The Balaban J connectivity index is 2.24. The normalized spacial score (nSPS) is 18.4. The summed E-state index contributed by atoms with van der Waals surface area (Å²) in [6.07, 6.45) is 1.46. The first kappa shape index (κ1) is 16.7. The molecular formula is C15H20N4O4.